The number of ether oxygens (including phenoxy) is 1. The van der Waals surface area contributed by atoms with Gasteiger partial charge in [0.1, 0.15) is 11.1 Å². The molecule has 1 heterocycles. The van der Waals surface area contributed by atoms with Gasteiger partial charge in [-0.05, 0) is 61.3 Å². The van der Waals surface area contributed by atoms with Gasteiger partial charge in [-0.15, -0.1) is 0 Å². The molecule has 1 atom stereocenters. The van der Waals surface area contributed by atoms with Crippen LogP contribution >= 0.6 is 35.8 Å². The normalized spacial score (nSPS) is 16.9. The Labute approximate surface area is 182 Å². The number of halogens is 2. The van der Waals surface area contributed by atoms with Gasteiger partial charge < -0.3 is 16.2 Å². The summed E-state index contributed by atoms with van der Waals surface area (Å²) in [6.07, 6.45) is 6.77. The molecule has 1 aromatic heterocycles. The van der Waals surface area contributed by atoms with Crippen LogP contribution in [0.1, 0.15) is 43.5 Å². The number of nitrogens with zero attached hydrogens (tertiary/aromatic N) is 1. The second-order valence-corrected chi connectivity index (χ2v) is 7.92. The number of hydrogen-bond donors (Lipinski definition) is 3. The van der Waals surface area contributed by atoms with E-state index in [2.05, 4.69) is 31.5 Å². The van der Waals surface area contributed by atoms with Gasteiger partial charge in [-0.2, -0.15) is 12.6 Å². The number of aromatic nitrogens is 1. The van der Waals surface area contributed by atoms with Crippen molar-refractivity contribution in [1.82, 2.24) is 4.98 Å². The van der Waals surface area contributed by atoms with Crippen LogP contribution in [0.25, 0.3) is 0 Å². The number of amides is 1. The largest absolute Gasteiger partial charge is 0.473 e. The molecule has 28 heavy (non-hydrogen) atoms. The second-order valence-electron chi connectivity index (χ2n) is 7.07. The fourth-order valence-corrected chi connectivity index (χ4v) is 3.19. The Morgan fingerprint density at radius 2 is 1.86 bits per heavy atom. The van der Waals surface area contributed by atoms with E-state index in [-0.39, 0.29) is 6.10 Å². The predicted molar refractivity (Wildman–Crippen MR) is 121 cm³/mol. The highest BCUT2D eigenvalue weighted by atomic mass is 35.5. The summed E-state index contributed by atoms with van der Waals surface area (Å²) in [5.74, 6) is 0.0637. The Hall–Kier alpha value is -1.63. The molecule has 1 saturated carbocycles. The molecule has 1 amide bonds. The first-order valence-electron chi connectivity index (χ1n) is 8.74. The fourth-order valence-electron chi connectivity index (χ4n) is 2.77. The lowest BCUT2D eigenvalue weighted by Gasteiger charge is -2.18. The third-order valence-electron chi connectivity index (χ3n) is 4.17. The highest BCUT2D eigenvalue weighted by Gasteiger charge is 2.32. The van der Waals surface area contributed by atoms with Crippen LogP contribution in [0.3, 0.4) is 0 Å². The van der Waals surface area contributed by atoms with Crippen LogP contribution in [-0.4, -0.2) is 23.3 Å². The molecule has 1 aliphatic carbocycles. The summed E-state index contributed by atoms with van der Waals surface area (Å²) in [6.45, 7) is 4.51. The molecule has 0 spiro atoms. The van der Waals surface area contributed by atoms with E-state index in [9.17, 15) is 4.79 Å². The molecule has 4 N–H and O–H groups in total. The van der Waals surface area contributed by atoms with Gasteiger partial charge in [0.15, 0.2) is 0 Å². The third kappa shape index (κ3) is 8.17. The molecule has 1 fully saturated rings. The Morgan fingerprint density at radius 1 is 1.25 bits per heavy atom. The van der Waals surface area contributed by atoms with Crippen molar-refractivity contribution in [1.29, 1.82) is 0 Å². The van der Waals surface area contributed by atoms with Crippen LogP contribution in [0, 0.1) is 5.41 Å². The average Bonchev–Trinajstić information content (AvgIpc) is 2.99. The summed E-state index contributed by atoms with van der Waals surface area (Å²) in [7, 11) is 0. The van der Waals surface area contributed by atoms with Crippen LogP contribution in [0.4, 0.5) is 5.69 Å². The van der Waals surface area contributed by atoms with Crippen molar-refractivity contribution in [2.75, 3.05) is 12.0 Å². The number of thiol groups is 1. The first-order chi connectivity index (χ1) is 13.2. The molecule has 1 unspecified atom stereocenters. The van der Waals surface area contributed by atoms with Crippen molar-refractivity contribution < 1.29 is 9.53 Å². The predicted octanol–water partition coefficient (Wildman–Crippen LogP) is 5.26. The highest BCUT2D eigenvalue weighted by Crippen LogP contribution is 2.39. The maximum Gasteiger partial charge on any atom is 0.248 e. The van der Waals surface area contributed by atoms with E-state index in [4.69, 9.17) is 39.4 Å². The standard InChI is InChI=1S/C12H15Cl2NO.C7H8N2O.CH4S/c1-12(2)4-3-9(6-12)16-11-10(14)5-8(13)7-15-11;8-6-3-1-5(2-4-6)7(9)10;1-2/h5,7,9H,3-4,6H2,1-2H3;1-4H,8H2,(H2,9,10);2H,1H3. The minimum absolute atomic E-state index is 0.223. The number of benzene rings is 1. The first-order valence-corrected chi connectivity index (χ1v) is 10.4. The molecule has 2 aromatic rings. The highest BCUT2D eigenvalue weighted by molar-refractivity contribution is 7.79. The zero-order valence-corrected chi connectivity index (χ0v) is 18.7. The van der Waals surface area contributed by atoms with Crippen LogP contribution in [0.2, 0.25) is 10.0 Å². The summed E-state index contributed by atoms with van der Waals surface area (Å²) in [5.41, 5.74) is 11.8. The van der Waals surface area contributed by atoms with Crippen molar-refractivity contribution >= 4 is 47.4 Å². The second kappa shape index (κ2) is 11.4. The van der Waals surface area contributed by atoms with E-state index in [0.29, 0.717) is 32.6 Å². The first kappa shape index (κ1) is 24.4. The van der Waals surface area contributed by atoms with E-state index < -0.39 is 5.91 Å². The van der Waals surface area contributed by atoms with Crippen molar-refractivity contribution in [3.8, 4) is 5.88 Å². The summed E-state index contributed by atoms with van der Waals surface area (Å²) in [6, 6.07) is 8.13. The average molecular weight is 444 g/mol. The zero-order valence-electron chi connectivity index (χ0n) is 16.3. The lowest BCUT2D eigenvalue weighted by atomic mass is 9.92. The molecule has 0 radical (unpaired) electrons. The van der Waals surface area contributed by atoms with Gasteiger partial charge in [-0.25, -0.2) is 4.98 Å². The van der Waals surface area contributed by atoms with Crippen LogP contribution in [-0.2, 0) is 0 Å². The third-order valence-corrected chi connectivity index (χ3v) is 4.65. The molecule has 0 bridgehead atoms. The SMILES string of the molecule is CC1(C)CCC(Oc2ncc(Cl)cc2Cl)C1.CS.NC(=O)c1ccc(N)cc1. The molecule has 154 valence electrons. The van der Waals surface area contributed by atoms with Gasteiger partial charge in [0, 0.05) is 17.4 Å². The zero-order chi connectivity index (χ0) is 21.3. The van der Waals surface area contributed by atoms with Crippen molar-refractivity contribution in [3.05, 3.63) is 52.1 Å². The number of rotatable bonds is 3. The summed E-state index contributed by atoms with van der Waals surface area (Å²) in [5, 5.41) is 1.02. The number of anilines is 1. The van der Waals surface area contributed by atoms with Gasteiger partial charge >= 0.3 is 0 Å². The number of pyridine rings is 1. The summed E-state index contributed by atoms with van der Waals surface area (Å²) < 4.78 is 5.79. The molecule has 5 nitrogen and oxygen atoms in total. The van der Waals surface area contributed by atoms with E-state index in [1.807, 2.05) is 0 Å². The van der Waals surface area contributed by atoms with Gasteiger partial charge in [0.25, 0.3) is 0 Å². The Morgan fingerprint density at radius 3 is 2.32 bits per heavy atom. The number of primary amides is 1. The smallest absolute Gasteiger partial charge is 0.248 e. The van der Waals surface area contributed by atoms with Crippen molar-refractivity contribution in [2.24, 2.45) is 11.1 Å². The summed E-state index contributed by atoms with van der Waals surface area (Å²) >= 11 is 15.3. The molecule has 1 aromatic carbocycles. The van der Waals surface area contributed by atoms with Crippen LogP contribution < -0.4 is 16.2 Å². The molecule has 8 heteroatoms. The number of nitrogen functional groups attached to an aromatic ring is 1. The lowest BCUT2D eigenvalue weighted by molar-refractivity contribution is 0.100. The molecular formula is C20H27Cl2N3O2S. The van der Waals surface area contributed by atoms with Gasteiger partial charge in [-0.3, -0.25) is 4.79 Å². The van der Waals surface area contributed by atoms with Crippen LogP contribution in [0.5, 0.6) is 5.88 Å². The van der Waals surface area contributed by atoms with Gasteiger partial charge in [0.05, 0.1) is 5.02 Å². The quantitative estimate of drug-likeness (QED) is 0.445. The van der Waals surface area contributed by atoms with E-state index >= 15 is 0 Å². The number of nitrogens with two attached hydrogens (primary N) is 2. The Bertz CT molecular complexity index is 771. The number of carbonyl (C=O) groups excluding carboxylic acids is 1. The Kier molecular flexibility index (Phi) is 9.93. The molecule has 0 aliphatic heterocycles. The van der Waals surface area contributed by atoms with E-state index in [1.165, 1.54) is 6.42 Å². The lowest BCUT2D eigenvalue weighted by Crippen LogP contribution is -2.15. The van der Waals surface area contributed by atoms with Crippen molar-refractivity contribution in [2.45, 2.75) is 39.2 Å². The maximum atomic E-state index is 10.5. The topological polar surface area (TPSA) is 91.2 Å². The molecule has 3 rings (SSSR count). The minimum Gasteiger partial charge on any atom is -0.473 e. The minimum atomic E-state index is -0.431. The van der Waals surface area contributed by atoms with Crippen LogP contribution in [0.15, 0.2) is 36.5 Å². The van der Waals surface area contributed by atoms with Gasteiger partial charge in [-0.1, -0.05) is 37.0 Å². The number of hydrogen-bond acceptors (Lipinski definition) is 5. The molecular weight excluding hydrogens is 417 g/mol. The number of carbonyl (C=O) groups is 1. The van der Waals surface area contributed by atoms with Crippen molar-refractivity contribution in [3.63, 3.8) is 0 Å². The van der Waals surface area contributed by atoms with Gasteiger partial charge in [0.2, 0.25) is 11.8 Å². The summed E-state index contributed by atoms with van der Waals surface area (Å²) in [4.78, 5) is 14.6. The molecule has 1 aliphatic rings. The molecule has 0 saturated heterocycles. The van der Waals surface area contributed by atoms with E-state index in [1.54, 1.807) is 42.8 Å². The fraction of sp³-hybridized carbons (Fsp3) is 0.400. The van der Waals surface area contributed by atoms with E-state index in [0.717, 1.165) is 12.8 Å². The Balaban J connectivity index is 0.000000281. The maximum absolute atomic E-state index is 10.5. The monoisotopic (exact) mass is 443 g/mol.